The largest absolute Gasteiger partial charge is 0.369 e. The number of carbonyl (C=O) groups excluding carboxylic acids is 1. The van der Waals surface area contributed by atoms with Crippen molar-refractivity contribution in [3.05, 3.63) is 34.4 Å². The molecule has 1 aromatic rings. The molecule has 0 aliphatic carbocycles. The molecule has 0 amide bonds. The Morgan fingerprint density at radius 1 is 1.35 bits per heavy atom. The number of nitro benzene ring substituents is 1. The first-order valence-corrected chi connectivity index (χ1v) is 6.11. The van der Waals surface area contributed by atoms with E-state index in [0.717, 1.165) is 0 Å². The van der Waals surface area contributed by atoms with Crippen LogP contribution in [-0.4, -0.2) is 28.6 Å². The van der Waals surface area contributed by atoms with Crippen molar-refractivity contribution in [1.29, 1.82) is 0 Å². The number of anilines is 1. The van der Waals surface area contributed by atoms with E-state index in [4.69, 9.17) is 4.74 Å². The van der Waals surface area contributed by atoms with Crippen molar-refractivity contribution in [1.82, 2.24) is 0 Å². The van der Waals surface area contributed by atoms with Crippen LogP contribution in [0, 0.1) is 10.1 Å². The summed E-state index contributed by atoms with van der Waals surface area (Å²) in [6.07, 6.45) is 0.285. The number of nitrogens with zero attached hydrogens (tertiary/aromatic N) is 2. The van der Waals surface area contributed by atoms with Crippen LogP contribution in [0.4, 0.5) is 11.4 Å². The molecule has 1 N–H and O–H groups in total. The van der Waals surface area contributed by atoms with E-state index in [0.29, 0.717) is 11.4 Å². The summed E-state index contributed by atoms with van der Waals surface area (Å²) < 4.78 is 5.51. The first-order valence-electron chi connectivity index (χ1n) is 6.11. The van der Waals surface area contributed by atoms with E-state index in [-0.39, 0.29) is 24.5 Å². The van der Waals surface area contributed by atoms with Crippen LogP contribution >= 0.6 is 0 Å². The van der Waals surface area contributed by atoms with E-state index in [9.17, 15) is 14.9 Å². The number of hydrazone groups is 1. The van der Waals surface area contributed by atoms with Gasteiger partial charge in [-0.1, -0.05) is 0 Å². The van der Waals surface area contributed by atoms with Crippen LogP contribution in [0.3, 0.4) is 0 Å². The van der Waals surface area contributed by atoms with E-state index in [2.05, 4.69) is 10.5 Å². The Morgan fingerprint density at radius 3 is 2.55 bits per heavy atom. The molecule has 1 heterocycles. The molecular weight excluding hydrogens is 262 g/mol. The predicted molar refractivity (Wildman–Crippen MR) is 73.8 cm³/mol. The van der Waals surface area contributed by atoms with Gasteiger partial charge >= 0.3 is 0 Å². The van der Waals surface area contributed by atoms with Crippen LogP contribution in [0.2, 0.25) is 0 Å². The predicted octanol–water partition coefficient (Wildman–Crippen LogP) is 2.13. The standard InChI is InChI=1S/C13H15N3O4/c1-13(2)7-12(17)11(8-20-13)15-14-9-3-5-10(6-4-9)16(18)19/h3-6,14H,7-8H2,1-2H3. The van der Waals surface area contributed by atoms with Crippen molar-refractivity contribution in [2.45, 2.75) is 25.9 Å². The molecule has 1 aliphatic heterocycles. The molecule has 0 radical (unpaired) electrons. The van der Waals surface area contributed by atoms with Gasteiger partial charge in [0.1, 0.15) is 5.71 Å². The second-order valence-corrected chi connectivity index (χ2v) is 5.12. The molecule has 0 unspecified atom stereocenters. The summed E-state index contributed by atoms with van der Waals surface area (Å²) in [7, 11) is 0. The molecule has 106 valence electrons. The maximum Gasteiger partial charge on any atom is 0.269 e. The van der Waals surface area contributed by atoms with E-state index in [1.807, 2.05) is 13.8 Å². The number of nitrogens with one attached hydrogen (secondary N) is 1. The highest BCUT2D eigenvalue weighted by molar-refractivity contribution is 6.41. The number of carbonyl (C=O) groups is 1. The number of hydrogen-bond acceptors (Lipinski definition) is 6. The molecule has 0 atom stereocenters. The number of benzene rings is 1. The van der Waals surface area contributed by atoms with Crippen molar-refractivity contribution in [2.75, 3.05) is 12.0 Å². The molecule has 2 rings (SSSR count). The highest BCUT2D eigenvalue weighted by Gasteiger charge is 2.31. The zero-order valence-corrected chi connectivity index (χ0v) is 11.3. The molecule has 7 nitrogen and oxygen atoms in total. The van der Waals surface area contributed by atoms with Crippen LogP contribution in [0.5, 0.6) is 0 Å². The van der Waals surface area contributed by atoms with Crippen molar-refractivity contribution < 1.29 is 14.5 Å². The smallest absolute Gasteiger partial charge is 0.269 e. The van der Waals surface area contributed by atoms with Crippen molar-refractivity contribution in [3.8, 4) is 0 Å². The monoisotopic (exact) mass is 277 g/mol. The lowest BCUT2D eigenvalue weighted by Gasteiger charge is -2.29. The van der Waals surface area contributed by atoms with E-state index >= 15 is 0 Å². The minimum Gasteiger partial charge on any atom is -0.369 e. The van der Waals surface area contributed by atoms with Crippen LogP contribution in [0.15, 0.2) is 29.4 Å². The van der Waals surface area contributed by atoms with E-state index < -0.39 is 10.5 Å². The van der Waals surface area contributed by atoms with Gasteiger partial charge in [-0.2, -0.15) is 5.10 Å². The Morgan fingerprint density at radius 2 is 2.00 bits per heavy atom. The number of ether oxygens (including phenoxy) is 1. The third-order valence-electron chi connectivity index (χ3n) is 2.91. The summed E-state index contributed by atoms with van der Waals surface area (Å²) in [5.74, 6) is -0.0596. The van der Waals surface area contributed by atoms with E-state index in [1.165, 1.54) is 24.3 Å². The number of non-ortho nitro benzene ring substituents is 1. The van der Waals surface area contributed by atoms with E-state index in [1.54, 1.807) is 0 Å². The number of Topliss-reactive ketones (excluding diaryl/α,β-unsaturated/α-hetero) is 1. The Hall–Kier alpha value is -2.28. The Balaban J connectivity index is 2.02. The van der Waals surface area contributed by atoms with Crippen LogP contribution < -0.4 is 5.43 Å². The lowest BCUT2D eigenvalue weighted by molar-refractivity contribution is -0.384. The van der Waals surface area contributed by atoms with Gasteiger partial charge in [0.25, 0.3) is 5.69 Å². The molecule has 1 aromatic carbocycles. The molecule has 1 fully saturated rings. The molecule has 0 spiro atoms. The highest BCUT2D eigenvalue weighted by atomic mass is 16.6. The molecule has 1 aliphatic rings. The van der Waals surface area contributed by atoms with Gasteiger partial charge in [-0.25, -0.2) is 0 Å². The fraction of sp³-hybridized carbons (Fsp3) is 0.385. The average Bonchev–Trinajstić information content (AvgIpc) is 2.37. The fourth-order valence-electron chi connectivity index (χ4n) is 1.77. The molecule has 0 saturated carbocycles. The zero-order valence-electron chi connectivity index (χ0n) is 11.3. The summed E-state index contributed by atoms with van der Waals surface area (Å²) in [5, 5.41) is 14.5. The molecule has 20 heavy (non-hydrogen) atoms. The van der Waals surface area contributed by atoms with Gasteiger partial charge in [-0.05, 0) is 26.0 Å². The minimum atomic E-state index is -0.476. The van der Waals surface area contributed by atoms with Crippen molar-refractivity contribution in [2.24, 2.45) is 5.10 Å². The Kier molecular flexibility index (Phi) is 3.80. The average molecular weight is 277 g/mol. The van der Waals surface area contributed by atoms with Crippen molar-refractivity contribution in [3.63, 3.8) is 0 Å². The minimum absolute atomic E-state index is 0.00188. The number of rotatable bonds is 3. The molecule has 1 saturated heterocycles. The normalized spacial score (nSPS) is 19.9. The summed E-state index contributed by atoms with van der Waals surface area (Å²) >= 11 is 0. The molecular formula is C13H15N3O4. The third-order valence-corrected chi connectivity index (χ3v) is 2.91. The number of nitro groups is 1. The third kappa shape index (κ3) is 3.39. The Bertz CT molecular complexity index is 563. The van der Waals surface area contributed by atoms with Crippen LogP contribution in [-0.2, 0) is 9.53 Å². The van der Waals surface area contributed by atoms with Gasteiger partial charge in [0.2, 0.25) is 0 Å². The summed E-state index contributed by atoms with van der Waals surface area (Å²) in [6.45, 7) is 3.86. The quantitative estimate of drug-likeness (QED) is 0.674. The lowest BCUT2D eigenvalue weighted by Crippen LogP contribution is -2.40. The second kappa shape index (κ2) is 5.38. The fourth-order valence-corrected chi connectivity index (χ4v) is 1.77. The first-order chi connectivity index (χ1) is 9.37. The van der Waals surface area contributed by atoms with Gasteiger partial charge in [-0.3, -0.25) is 20.3 Å². The Labute approximate surface area is 115 Å². The van der Waals surface area contributed by atoms with Crippen LogP contribution in [0.25, 0.3) is 0 Å². The van der Waals surface area contributed by atoms with Gasteiger partial charge in [0, 0.05) is 18.6 Å². The summed E-state index contributed by atoms with van der Waals surface area (Å²) in [4.78, 5) is 21.9. The maximum absolute atomic E-state index is 11.8. The number of ketones is 1. The molecule has 0 aromatic heterocycles. The SMILES string of the molecule is CC1(C)CC(=O)C(=NNc2ccc([N+](=O)[O-])cc2)CO1. The maximum atomic E-state index is 11.8. The highest BCUT2D eigenvalue weighted by Crippen LogP contribution is 2.20. The topological polar surface area (TPSA) is 93.8 Å². The number of hydrogen-bond donors (Lipinski definition) is 1. The summed E-state index contributed by atoms with van der Waals surface area (Å²) in [5.41, 5.74) is 3.14. The van der Waals surface area contributed by atoms with Gasteiger partial charge in [-0.15, -0.1) is 0 Å². The van der Waals surface area contributed by atoms with Gasteiger partial charge in [0.15, 0.2) is 5.78 Å². The van der Waals surface area contributed by atoms with Gasteiger partial charge in [0.05, 0.1) is 22.8 Å². The lowest BCUT2D eigenvalue weighted by atomic mass is 9.96. The van der Waals surface area contributed by atoms with Crippen LogP contribution in [0.1, 0.15) is 20.3 Å². The molecule has 7 heteroatoms. The van der Waals surface area contributed by atoms with Crippen molar-refractivity contribution >= 4 is 22.9 Å². The van der Waals surface area contributed by atoms with Gasteiger partial charge < -0.3 is 4.74 Å². The summed E-state index contributed by atoms with van der Waals surface area (Å²) in [6, 6.07) is 5.79. The first kappa shape index (κ1) is 14.1. The second-order valence-electron chi connectivity index (χ2n) is 5.12. The molecule has 0 bridgehead atoms. The zero-order chi connectivity index (χ0) is 14.8.